The van der Waals surface area contributed by atoms with Crippen molar-refractivity contribution in [2.75, 3.05) is 0 Å². The van der Waals surface area contributed by atoms with Gasteiger partial charge in [-0.25, -0.2) is 4.98 Å². The van der Waals surface area contributed by atoms with E-state index in [1.54, 1.807) is 20.0 Å². The van der Waals surface area contributed by atoms with E-state index in [1.807, 2.05) is 0 Å². The number of benzene rings is 1. The summed E-state index contributed by atoms with van der Waals surface area (Å²) in [4.78, 5) is 7.40. The largest absolute Gasteiger partial charge is 0.383 e. The van der Waals surface area contributed by atoms with Crippen LogP contribution in [-0.4, -0.2) is 15.1 Å². The molecule has 0 aliphatic carbocycles. The van der Waals surface area contributed by atoms with Crippen LogP contribution in [0.2, 0.25) is 0 Å². The van der Waals surface area contributed by atoms with Crippen molar-refractivity contribution in [1.82, 2.24) is 9.97 Å². The Balaban J connectivity index is 2.31. The van der Waals surface area contributed by atoms with E-state index in [9.17, 15) is 5.11 Å². The molecule has 19 heavy (non-hydrogen) atoms. The van der Waals surface area contributed by atoms with Crippen LogP contribution in [-0.2, 0) is 11.0 Å². The van der Waals surface area contributed by atoms with E-state index in [0.717, 1.165) is 11.3 Å². The van der Waals surface area contributed by atoms with Gasteiger partial charge in [0.1, 0.15) is 11.4 Å². The van der Waals surface area contributed by atoms with Gasteiger partial charge in [0.15, 0.2) is 0 Å². The summed E-state index contributed by atoms with van der Waals surface area (Å²) in [5.74, 6) is 0.586. The Morgan fingerprint density at radius 1 is 1.00 bits per heavy atom. The summed E-state index contributed by atoms with van der Waals surface area (Å²) in [5, 5.41) is 9.91. The molecule has 0 aliphatic rings. The molecule has 0 atom stereocenters. The fourth-order valence-electron chi connectivity index (χ4n) is 1.93. The molecule has 3 nitrogen and oxygen atoms in total. The van der Waals surface area contributed by atoms with Gasteiger partial charge in [-0.2, -0.15) is 0 Å². The molecule has 0 amide bonds. The van der Waals surface area contributed by atoms with Gasteiger partial charge in [0.05, 0.1) is 11.9 Å². The van der Waals surface area contributed by atoms with Crippen LogP contribution in [0.1, 0.15) is 46.0 Å². The molecule has 2 aromatic rings. The highest BCUT2D eigenvalue weighted by atomic mass is 16.3. The van der Waals surface area contributed by atoms with E-state index >= 15 is 0 Å². The summed E-state index contributed by atoms with van der Waals surface area (Å²) in [6.07, 6.45) is 1.76. The zero-order chi connectivity index (χ0) is 14.3. The number of aromatic nitrogens is 2. The molecule has 0 aliphatic heterocycles. The molecule has 0 saturated heterocycles. The third-order valence-electron chi connectivity index (χ3n) is 3.22. The minimum atomic E-state index is -0.941. The van der Waals surface area contributed by atoms with Crippen molar-refractivity contribution >= 4 is 0 Å². The lowest BCUT2D eigenvalue weighted by Gasteiger charge is -2.19. The maximum Gasteiger partial charge on any atom is 0.138 e. The van der Waals surface area contributed by atoms with Crippen LogP contribution in [0.5, 0.6) is 0 Å². The fourth-order valence-corrected chi connectivity index (χ4v) is 1.93. The summed E-state index contributed by atoms with van der Waals surface area (Å²) in [6, 6.07) is 8.45. The van der Waals surface area contributed by atoms with Crippen LogP contribution in [0.3, 0.4) is 0 Å². The lowest BCUT2D eigenvalue weighted by Crippen LogP contribution is -2.17. The van der Waals surface area contributed by atoms with Crippen molar-refractivity contribution < 1.29 is 5.11 Å². The van der Waals surface area contributed by atoms with Crippen LogP contribution in [0.25, 0.3) is 11.3 Å². The highest BCUT2D eigenvalue weighted by Crippen LogP contribution is 2.26. The number of imidazole rings is 1. The molecule has 2 rings (SSSR count). The number of aromatic amines is 1. The third-order valence-corrected chi connectivity index (χ3v) is 3.22. The molecule has 0 spiro atoms. The van der Waals surface area contributed by atoms with Crippen molar-refractivity contribution in [2.45, 2.75) is 45.6 Å². The predicted octanol–water partition coefficient (Wildman–Crippen LogP) is 3.60. The smallest absolute Gasteiger partial charge is 0.138 e. The number of nitrogens with zero attached hydrogens (tertiary/aromatic N) is 1. The zero-order valence-corrected chi connectivity index (χ0v) is 12.3. The zero-order valence-electron chi connectivity index (χ0n) is 12.3. The molecule has 1 aromatic carbocycles. The van der Waals surface area contributed by atoms with Gasteiger partial charge in [0.2, 0.25) is 0 Å². The first kappa shape index (κ1) is 13.8. The molecule has 0 unspecified atom stereocenters. The van der Waals surface area contributed by atoms with Crippen molar-refractivity contribution in [1.29, 1.82) is 0 Å². The van der Waals surface area contributed by atoms with Gasteiger partial charge in [-0.15, -0.1) is 0 Å². The van der Waals surface area contributed by atoms with Gasteiger partial charge < -0.3 is 10.1 Å². The van der Waals surface area contributed by atoms with E-state index in [-0.39, 0.29) is 5.41 Å². The van der Waals surface area contributed by atoms with Crippen LogP contribution in [0.15, 0.2) is 30.5 Å². The summed E-state index contributed by atoms with van der Waals surface area (Å²) in [5.41, 5.74) is 2.53. The Kier molecular flexibility index (Phi) is 3.27. The van der Waals surface area contributed by atoms with Gasteiger partial charge in [-0.1, -0.05) is 45.0 Å². The highest BCUT2D eigenvalue weighted by molar-refractivity contribution is 5.59. The average molecular weight is 258 g/mol. The molecule has 0 saturated carbocycles. The van der Waals surface area contributed by atoms with Gasteiger partial charge in [-0.05, 0) is 30.4 Å². The lowest BCUT2D eigenvalue weighted by atomic mass is 9.86. The normalized spacial score (nSPS) is 12.7. The van der Waals surface area contributed by atoms with Crippen LogP contribution >= 0.6 is 0 Å². The summed E-state index contributed by atoms with van der Waals surface area (Å²) < 4.78 is 0. The first-order valence-corrected chi connectivity index (χ1v) is 6.57. The first-order chi connectivity index (χ1) is 8.68. The molecule has 2 N–H and O–H groups in total. The van der Waals surface area contributed by atoms with Crippen molar-refractivity contribution in [3.63, 3.8) is 0 Å². The van der Waals surface area contributed by atoms with Gasteiger partial charge >= 0.3 is 0 Å². The van der Waals surface area contributed by atoms with Gasteiger partial charge in [-0.3, -0.25) is 0 Å². The molecule has 102 valence electrons. The molecule has 1 heterocycles. The number of rotatable bonds is 2. The molecular formula is C16H22N2O. The number of hydrogen-bond donors (Lipinski definition) is 2. The second kappa shape index (κ2) is 4.49. The Labute approximate surface area is 114 Å². The highest BCUT2D eigenvalue weighted by Gasteiger charge is 2.20. The topological polar surface area (TPSA) is 48.9 Å². The van der Waals surface area contributed by atoms with Crippen molar-refractivity contribution in [3.8, 4) is 11.3 Å². The molecule has 0 fully saturated rings. The average Bonchev–Trinajstić information content (AvgIpc) is 2.77. The molecule has 1 aromatic heterocycles. The van der Waals surface area contributed by atoms with E-state index in [4.69, 9.17) is 0 Å². The van der Waals surface area contributed by atoms with E-state index in [2.05, 4.69) is 55.0 Å². The van der Waals surface area contributed by atoms with Gasteiger partial charge in [0.25, 0.3) is 0 Å². The minimum Gasteiger partial charge on any atom is -0.383 e. The van der Waals surface area contributed by atoms with E-state index in [0.29, 0.717) is 5.82 Å². The second-order valence-electron chi connectivity index (χ2n) is 6.53. The Morgan fingerprint density at radius 2 is 1.58 bits per heavy atom. The lowest BCUT2D eigenvalue weighted by molar-refractivity contribution is 0.0697. The van der Waals surface area contributed by atoms with Crippen molar-refractivity contribution in [3.05, 3.63) is 41.9 Å². The van der Waals surface area contributed by atoms with Crippen LogP contribution in [0.4, 0.5) is 0 Å². The van der Waals surface area contributed by atoms with Crippen LogP contribution in [0, 0.1) is 0 Å². The summed E-state index contributed by atoms with van der Waals surface area (Å²) in [6.45, 7) is 10.0. The molecule has 0 radical (unpaired) electrons. The Morgan fingerprint density at radius 3 is 2.00 bits per heavy atom. The predicted molar refractivity (Wildman–Crippen MR) is 78.0 cm³/mol. The minimum absolute atomic E-state index is 0.158. The SMILES string of the molecule is CC(C)(C)c1ccc(-c2cnc(C(C)(C)O)[nH]2)cc1. The number of hydrogen-bond acceptors (Lipinski definition) is 2. The fraction of sp³-hybridized carbons (Fsp3) is 0.438. The Bertz CT molecular complexity index is 554. The summed E-state index contributed by atoms with van der Waals surface area (Å²) >= 11 is 0. The Hall–Kier alpha value is -1.61. The quantitative estimate of drug-likeness (QED) is 0.864. The van der Waals surface area contributed by atoms with Gasteiger partial charge in [0, 0.05) is 0 Å². The third kappa shape index (κ3) is 3.04. The van der Waals surface area contributed by atoms with Crippen LogP contribution < -0.4 is 0 Å². The maximum absolute atomic E-state index is 9.91. The first-order valence-electron chi connectivity index (χ1n) is 6.57. The monoisotopic (exact) mass is 258 g/mol. The molecule has 0 bridgehead atoms. The maximum atomic E-state index is 9.91. The summed E-state index contributed by atoms with van der Waals surface area (Å²) in [7, 11) is 0. The standard InChI is InChI=1S/C16H22N2O/c1-15(2,3)12-8-6-11(7-9-12)13-10-17-14(18-13)16(4,5)19/h6-10,19H,1-5H3,(H,17,18). The number of aliphatic hydroxyl groups is 1. The molecule has 3 heteroatoms. The number of H-pyrrole nitrogens is 1. The number of nitrogens with one attached hydrogen (secondary N) is 1. The second-order valence-corrected chi connectivity index (χ2v) is 6.53. The van der Waals surface area contributed by atoms with E-state index in [1.165, 1.54) is 5.56 Å². The van der Waals surface area contributed by atoms with E-state index < -0.39 is 5.60 Å². The molecular weight excluding hydrogens is 236 g/mol. The van der Waals surface area contributed by atoms with Crippen molar-refractivity contribution in [2.24, 2.45) is 0 Å².